The summed E-state index contributed by atoms with van der Waals surface area (Å²) >= 11 is 3.44. The molecule has 0 unspecified atom stereocenters. The molecule has 0 amide bonds. The van der Waals surface area contributed by atoms with Gasteiger partial charge in [0.05, 0.1) is 18.5 Å². The first-order valence-corrected chi connectivity index (χ1v) is 9.43. The molecule has 0 spiro atoms. The van der Waals surface area contributed by atoms with E-state index in [4.69, 9.17) is 4.52 Å². The maximum Gasteiger partial charge on any atom is 0.231 e. The molecule has 0 fully saturated rings. The van der Waals surface area contributed by atoms with Gasteiger partial charge in [-0.3, -0.25) is 0 Å². The molecule has 0 radical (unpaired) electrons. The van der Waals surface area contributed by atoms with Gasteiger partial charge in [0.2, 0.25) is 11.7 Å². The summed E-state index contributed by atoms with van der Waals surface area (Å²) < 4.78 is 8.37. The van der Waals surface area contributed by atoms with E-state index in [1.54, 1.807) is 0 Å². The molecular weight excluding hydrogens is 408 g/mol. The second-order valence-corrected chi connectivity index (χ2v) is 7.55. The molecule has 0 aliphatic rings. The van der Waals surface area contributed by atoms with Crippen LogP contribution < -0.4 is 0 Å². The van der Waals surface area contributed by atoms with E-state index in [2.05, 4.69) is 41.3 Å². The predicted molar refractivity (Wildman–Crippen MR) is 106 cm³/mol. The van der Waals surface area contributed by atoms with Gasteiger partial charge < -0.3 is 9.42 Å². The number of aromatic nitrogens is 5. The first kappa shape index (κ1) is 17.8. The van der Waals surface area contributed by atoms with Crippen LogP contribution in [0.1, 0.15) is 11.5 Å². The molecule has 0 bridgehead atoms. The number of halogens is 1. The van der Waals surface area contributed by atoms with Crippen molar-refractivity contribution in [1.82, 2.24) is 30.0 Å². The van der Waals surface area contributed by atoms with Crippen LogP contribution >= 0.6 is 15.9 Å². The molecule has 0 N–H and O–H groups in total. The Hall–Kier alpha value is -2.58. The van der Waals surface area contributed by atoms with Crippen molar-refractivity contribution in [3.8, 4) is 11.4 Å². The Morgan fingerprint density at radius 2 is 1.93 bits per heavy atom. The van der Waals surface area contributed by atoms with Crippen molar-refractivity contribution in [3.63, 3.8) is 0 Å². The Morgan fingerprint density at radius 1 is 1.11 bits per heavy atom. The fourth-order valence-corrected chi connectivity index (χ4v) is 3.06. The number of fused-ring (bicyclic) bond motifs is 1. The molecule has 2 aromatic carbocycles. The molecule has 2 aromatic heterocycles. The summed E-state index contributed by atoms with van der Waals surface area (Å²) in [5.74, 6) is 1.15. The number of rotatable bonds is 6. The summed E-state index contributed by atoms with van der Waals surface area (Å²) in [6, 6.07) is 14.0. The van der Waals surface area contributed by atoms with Crippen molar-refractivity contribution in [2.45, 2.75) is 13.0 Å². The molecule has 7 nitrogen and oxygen atoms in total. The summed E-state index contributed by atoms with van der Waals surface area (Å²) in [5, 5.41) is 12.6. The maximum absolute atomic E-state index is 5.42. The van der Waals surface area contributed by atoms with E-state index in [0.29, 0.717) is 18.1 Å². The SMILES string of the molecule is CN(C)CCn1nnc2cc(-c3noc(Cc4ccc(Br)cc4)n3)ccc21. The van der Waals surface area contributed by atoms with E-state index in [-0.39, 0.29) is 0 Å². The average molecular weight is 427 g/mol. The molecule has 27 heavy (non-hydrogen) atoms. The first-order valence-electron chi connectivity index (χ1n) is 8.64. The third-order valence-electron chi connectivity index (χ3n) is 4.27. The summed E-state index contributed by atoms with van der Waals surface area (Å²) in [6.07, 6.45) is 0.600. The molecule has 0 aliphatic heterocycles. The highest BCUT2D eigenvalue weighted by molar-refractivity contribution is 9.10. The summed E-state index contributed by atoms with van der Waals surface area (Å²) in [5.41, 5.74) is 3.81. The minimum absolute atomic E-state index is 0.562. The van der Waals surface area contributed by atoms with Gasteiger partial charge in [-0.2, -0.15) is 4.98 Å². The largest absolute Gasteiger partial charge is 0.339 e. The Balaban J connectivity index is 1.54. The van der Waals surface area contributed by atoms with Crippen molar-refractivity contribution in [1.29, 1.82) is 0 Å². The maximum atomic E-state index is 5.42. The van der Waals surface area contributed by atoms with Crippen LogP contribution in [0.4, 0.5) is 0 Å². The Labute approximate surface area is 165 Å². The van der Waals surface area contributed by atoms with Crippen LogP contribution in [0.15, 0.2) is 51.5 Å². The third kappa shape index (κ3) is 4.06. The third-order valence-corrected chi connectivity index (χ3v) is 4.80. The molecule has 0 atom stereocenters. The second-order valence-electron chi connectivity index (χ2n) is 6.63. The Bertz CT molecular complexity index is 1050. The normalized spacial score (nSPS) is 11.6. The molecule has 4 aromatic rings. The Kier molecular flexibility index (Phi) is 5.00. The van der Waals surface area contributed by atoms with E-state index in [9.17, 15) is 0 Å². The van der Waals surface area contributed by atoms with E-state index >= 15 is 0 Å². The zero-order valence-corrected chi connectivity index (χ0v) is 16.7. The van der Waals surface area contributed by atoms with Gasteiger partial charge >= 0.3 is 0 Å². The summed E-state index contributed by atoms with van der Waals surface area (Å²) in [6.45, 7) is 1.70. The van der Waals surface area contributed by atoms with Gasteiger partial charge in [-0.25, -0.2) is 4.68 Å². The number of hydrogen-bond donors (Lipinski definition) is 0. The molecule has 4 rings (SSSR count). The van der Waals surface area contributed by atoms with E-state index < -0.39 is 0 Å². The average Bonchev–Trinajstić information content (AvgIpc) is 3.28. The molecule has 0 saturated heterocycles. The van der Waals surface area contributed by atoms with Gasteiger partial charge in [0.1, 0.15) is 5.52 Å². The van der Waals surface area contributed by atoms with E-state index in [1.807, 2.05) is 61.2 Å². The lowest BCUT2D eigenvalue weighted by molar-refractivity contribution is 0.374. The minimum Gasteiger partial charge on any atom is -0.339 e. The van der Waals surface area contributed by atoms with Gasteiger partial charge in [0.25, 0.3) is 0 Å². The zero-order chi connectivity index (χ0) is 18.8. The van der Waals surface area contributed by atoms with Crippen LogP contribution in [0, 0.1) is 0 Å². The number of likely N-dealkylation sites (N-methyl/N-ethyl adjacent to an activating group) is 1. The molecular formula is C19H19BrN6O. The van der Waals surface area contributed by atoms with Crippen LogP contribution in [0.25, 0.3) is 22.4 Å². The lowest BCUT2D eigenvalue weighted by atomic mass is 10.1. The Morgan fingerprint density at radius 3 is 2.70 bits per heavy atom. The highest BCUT2D eigenvalue weighted by Gasteiger charge is 2.12. The van der Waals surface area contributed by atoms with Crippen LogP contribution in [-0.2, 0) is 13.0 Å². The first-order chi connectivity index (χ1) is 13.1. The van der Waals surface area contributed by atoms with Gasteiger partial charge in [0, 0.05) is 16.6 Å². The van der Waals surface area contributed by atoms with Crippen LogP contribution in [0.3, 0.4) is 0 Å². The van der Waals surface area contributed by atoms with Crippen molar-refractivity contribution in [2.24, 2.45) is 0 Å². The monoisotopic (exact) mass is 426 g/mol. The fraction of sp³-hybridized carbons (Fsp3) is 0.263. The van der Waals surface area contributed by atoms with Crippen molar-refractivity contribution in [2.75, 3.05) is 20.6 Å². The topological polar surface area (TPSA) is 72.9 Å². The predicted octanol–water partition coefficient (Wildman–Crippen LogP) is 3.40. The van der Waals surface area contributed by atoms with Crippen LogP contribution in [0.2, 0.25) is 0 Å². The van der Waals surface area contributed by atoms with Crippen LogP contribution in [0.5, 0.6) is 0 Å². The highest BCUT2D eigenvalue weighted by Crippen LogP contribution is 2.22. The number of nitrogens with zero attached hydrogens (tertiary/aromatic N) is 6. The van der Waals surface area contributed by atoms with Gasteiger partial charge in [-0.05, 0) is 50.0 Å². The quantitative estimate of drug-likeness (QED) is 0.470. The minimum atomic E-state index is 0.562. The highest BCUT2D eigenvalue weighted by atomic mass is 79.9. The van der Waals surface area contributed by atoms with Crippen molar-refractivity contribution >= 4 is 27.0 Å². The molecule has 0 aliphatic carbocycles. The molecule has 0 saturated carbocycles. The van der Waals surface area contributed by atoms with Crippen molar-refractivity contribution in [3.05, 3.63) is 58.4 Å². The lowest BCUT2D eigenvalue weighted by Crippen LogP contribution is -2.18. The van der Waals surface area contributed by atoms with Crippen molar-refractivity contribution < 1.29 is 4.52 Å². The van der Waals surface area contributed by atoms with Gasteiger partial charge in [-0.15, -0.1) is 5.10 Å². The smallest absolute Gasteiger partial charge is 0.231 e. The van der Waals surface area contributed by atoms with Gasteiger partial charge in [0.15, 0.2) is 0 Å². The molecule has 8 heteroatoms. The molecule has 2 heterocycles. The standard InChI is InChI=1S/C19H19BrN6O/c1-25(2)9-10-26-17-8-5-14(12-16(17)22-24-26)19-21-18(27-23-19)11-13-3-6-15(20)7-4-13/h3-8,12H,9-11H2,1-2H3. The number of hydrogen-bond acceptors (Lipinski definition) is 6. The van der Waals surface area contributed by atoms with E-state index in [1.165, 1.54) is 0 Å². The summed E-state index contributed by atoms with van der Waals surface area (Å²) in [7, 11) is 4.08. The second kappa shape index (κ2) is 7.58. The fourth-order valence-electron chi connectivity index (χ4n) is 2.79. The van der Waals surface area contributed by atoms with Crippen LogP contribution in [-0.4, -0.2) is 50.7 Å². The molecule has 138 valence electrons. The lowest BCUT2D eigenvalue weighted by Gasteiger charge is -2.09. The van der Waals surface area contributed by atoms with Gasteiger partial charge in [-0.1, -0.05) is 38.4 Å². The van der Waals surface area contributed by atoms with E-state index in [0.717, 1.165) is 39.7 Å². The zero-order valence-electron chi connectivity index (χ0n) is 15.1. The summed E-state index contributed by atoms with van der Waals surface area (Å²) in [4.78, 5) is 6.64. The number of benzene rings is 2.